The van der Waals surface area contributed by atoms with E-state index < -0.39 is 6.10 Å². The summed E-state index contributed by atoms with van der Waals surface area (Å²) in [5.41, 5.74) is 2.98. The number of pyridine rings is 1. The third kappa shape index (κ3) is 2.46. The predicted molar refractivity (Wildman–Crippen MR) is 77.4 cm³/mol. The second-order valence-corrected chi connectivity index (χ2v) is 4.66. The lowest BCUT2D eigenvalue weighted by Gasteiger charge is -2.06. The molecule has 1 atom stereocenters. The highest BCUT2D eigenvalue weighted by Gasteiger charge is 2.06. The molecule has 0 saturated carbocycles. The molecule has 3 aromatic rings. The Labute approximate surface area is 117 Å². The maximum absolute atomic E-state index is 9.62. The lowest BCUT2D eigenvalue weighted by Crippen LogP contribution is -2.00. The number of aliphatic hydroxyl groups is 1. The summed E-state index contributed by atoms with van der Waals surface area (Å²) < 4.78 is 1.72. The number of aliphatic hydroxyl groups excluding tert-OH is 1. The van der Waals surface area contributed by atoms with E-state index in [0.29, 0.717) is 5.82 Å². The molecule has 2 aromatic heterocycles. The van der Waals surface area contributed by atoms with Gasteiger partial charge in [0.05, 0.1) is 12.3 Å². The second-order valence-electron chi connectivity index (χ2n) is 4.66. The van der Waals surface area contributed by atoms with E-state index in [1.165, 1.54) is 0 Å². The van der Waals surface area contributed by atoms with Crippen LogP contribution in [-0.4, -0.2) is 19.9 Å². The fraction of sp³-hybridized carbons (Fsp3) is 0.125. The highest BCUT2D eigenvalue weighted by molar-refractivity contribution is 5.61. The van der Waals surface area contributed by atoms with E-state index in [1.807, 2.05) is 48.8 Å². The molecule has 4 nitrogen and oxygen atoms in total. The van der Waals surface area contributed by atoms with Crippen LogP contribution in [0.4, 0.5) is 0 Å². The monoisotopic (exact) mass is 265 g/mol. The number of rotatable bonds is 3. The first-order chi connectivity index (χ1) is 9.74. The fourth-order valence-corrected chi connectivity index (χ4v) is 2.05. The van der Waals surface area contributed by atoms with Crippen LogP contribution in [0, 0.1) is 0 Å². The largest absolute Gasteiger partial charge is 0.389 e. The minimum absolute atomic E-state index is 0.513. The van der Waals surface area contributed by atoms with Crippen LogP contribution in [0.5, 0.6) is 0 Å². The highest BCUT2D eigenvalue weighted by Crippen LogP contribution is 2.20. The Balaban J connectivity index is 1.96. The molecule has 0 aliphatic carbocycles. The molecule has 1 unspecified atom stereocenters. The van der Waals surface area contributed by atoms with Crippen LogP contribution in [0.3, 0.4) is 0 Å². The molecule has 4 heteroatoms. The third-order valence-electron chi connectivity index (χ3n) is 3.18. The molecule has 1 N–H and O–H groups in total. The molecule has 0 bridgehead atoms. The molecule has 0 amide bonds. The smallest absolute Gasteiger partial charge is 0.153 e. The zero-order valence-electron chi connectivity index (χ0n) is 11.1. The summed E-state index contributed by atoms with van der Waals surface area (Å²) >= 11 is 0. The molecule has 0 fully saturated rings. The van der Waals surface area contributed by atoms with Gasteiger partial charge in [-0.3, -0.25) is 0 Å². The quantitative estimate of drug-likeness (QED) is 0.792. The van der Waals surface area contributed by atoms with Crippen LogP contribution >= 0.6 is 0 Å². The first kappa shape index (κ1) is 12.6. The highest BCUT2D eigenvalue weighted by atomic mass is 16.3. The SMILES string of the molecule is CC(O)c1ccnc(-n2cc(-c3ccccc3)cn2)c1. The van der Waals surface area contributed by atoms with Crippen molar-refractivity contribution in [3.63, 3.8) is 0 Å². The average molecular weight is 265 g/mol. The Kier molecular flexibility index (Phi) is 3.31. The summed E-state index contributed by atoms with van der Waals surface area (Å²) in [6, 6.07) is 13.7. The van der Waals surface area contributed by atoms with Crippen molar-refractivity contribution in [3.05, 3.63) is 66.6 Å². The molecule has 1 aromatic carbocycles. The maximum Gasteiger partial charge on any atom is 0.153 e. The number of hydrogen-bond donors (Lipinski definition) is 1. The van der Waals surface area contributed by atoms with E-state index in [2.05, 4.69) is 10.1 Å². The van der Waals surface area contributed by atoms with Crippen molar-refractivity contribution in [1.29, 1.82) is 0 Å². The van der Waals surface area contributed by atoms with Crippen molar-refractivity contribution in [2.75, 3.05) is 0 Å². The van der Waals surface area contributed by atoms with Crippen LogP contribution in [0.15, 0.2) is 61.1 Å². The second kappa shape index (κ2) is 5.27. The van der Waals surface area contributed by atoms with Crippen LogP contribution in [-0.2, 0) is 0 Å². The molecule has 100 valence electrons. The molecule has 2 heterocycles. The minimum atomic E-state index is -0.513. The van der Waals surface area contributed by atoms with Gasteiger partial charge in [-0.05, 0) is 30.2 Å². The number of nitrogens with zero attached hydrogens (tertiary/aromatic N) is 3. The molecule has 0 radical (unpaired) electrons. The van der Waals surface area contributed by atoms with Crippen LogP contribution < -0.4 is 0 Å². The van der Waals surface area contributed by atoms with Crippen molar-refractivity contribution < 1.29 is 5.11 Å². The summed E-state index contributed by atoms with van der Waals surface area (Å²) in [5.74, 6) is 0.700. The van der Waals surface area contributed by atoms with E-state index in [9.17, 15) is 5.11 Å². The minimum Gasteiger partial charge on any atom is -0.389 e. The van der Waals surface area contributed by atoms with Crippen molar-refractivity contribution in [1.82, 2.24) is 14.8 Å². The lowest BCUT2D eigenvalue weighted by atomic mass is 10.1. The van der Waals surface area contributed by atoms with Gasteiger partial charge < -0.3 is 5.11 Å². The van der Waals surface area contributed by atoms with Crippen LogP contribution in [0.2, 0.25) is 0 Å². The lowest BCUT2D eigenvalue weighted by molar-refractivity contribution is 0.199. The third-order valence-corrected chi connectivity index (χ3v) is 3.18. The molecular weight excluding hydrogens is 250 g/mol. The van der Waals surface area contributed by atoms with Gasteiger partial charge in [0.25, 0.3) is 0 Å². The van der Waals surface area contributed by atoms with E-state index in [0.717, 1.165) is 16.7 Å². The van der Waals surface area contributed by atoms with Gasteiger partial charge in [0.2, 0.25) is 0 Å². The average Bonchev–Trinajstić information content (AvgIpc) is 2.98. The normalized spacial score (nSPS) is 12.3. The van der Waals surface area contributed by atoms with Gasteiger partial charge in [-0.15, -0.1) is 0 Å². The number of benzene rings is 1. The molecule has 0 saturated heterocycles. The summed E-state index contributed by atoms with van der Waals surface area (Å²) in [6.45, 7) is 1.73. The zero-order chi connectivity index (χ0) is 13.9. The molecule has 0 spiro atoms. The van der Waals surface area contributed by atoms with E-state index >= 15 is 0 Å². The molecule has 0 aliphatic heterocycles. The fourth-order valence-electron chi connectivity index (χ4n) is 2.05. The summed E-state index contributed by atoms with van der Waals surface area (Å²) in [5, 5.41) is 14.0. The molecule has 20 heavy (non-hydrogen) atoms. The van der Waals surface area contributed by atoms with Crippen molar-refractivity contribution in [3.8, 4) is 16.9 Å². The number of hydrogen-bond acceptors (Lipinski definition) is 3. The molecular formula is C16H15N3O. The van der Waals surface area contributed by atoms with Crippen molar-refractivity contribution >= 4 is 0 Å². The van der Waals surface area contributed by atoms with Gasteiger partial charge >= 0.3 is 0 Å². The number of aromatic nitrogens is 3. The van der Waals surface area contributed by atoms with Gasteiger partial charge in [-0.2, -0.15) is 5.10 Å². The summed E-state index contributed by atoms with van der Waals surface area (Å²) in [7, 11) is 0. The van der Waals surface area contributed by atoms with Crippen LogP contribution in [0.25, 0.3) is 16.9 Å². The topological polar surface area (TPSA) is 50.9 Å². The van der Waals surface area contributed by atoms with Crippen molar-refractivity contribution in [2.45, 2.75) is 13.0 Å². The maximum atomic E-state index is 9.62. The van der Waals surface area contributed by atoms with Gasteiger partial charge in [-0.1, -0.05) is 30.3 Å². The van der Waals surface area contributed by atoms with E-state index in [1.54, 1.807) is 23.9 Å². The Morgan fingerprint density at radius 2 is 1.90 bits per heavy atom. The van der Waals surface area contributed by atoms with Gasteiger partial charge in [0.15, 0.2) is 5.82 Å². The summed E-state index contributed by atoms with van der Waals surface area (Å²) in [6.07, 6.45) is 4.91. The summed E-state index contributed by atoms with van der Waals surface area (Å²) in [4.78, 5) is 4.29. The first-order valence-corrected chi connectivity index (χ1v) is 6.48. The Bertz CT molecular complexity index is 705. The predicted octanol–water partition coefficient (Wildman–Crippen LogP) is 2.99. The standard InChI is InChI=1S/C16H15N3O/c1-12(20)14-7-8-17-16(9-14)19-11-15(10-18-19)13-5-3-2-4-6-13/h2-12,20H,1H3. The van der Waals surface area contributed by atoms with E-state index in [-0.39, 0.29) is 0 Å². The van der Waals surface area contributed by atoms with Gasteiger partial charge in [-0.25, -0.2) is 9.67 Å². The van der Waals surface area contributed by atoms with Crippen LogP contribution in [0.1, 0.15) is 18.6 Å². The Hall–Kier alpha value is -2.46. The van der Waals surface area contributed by atoms with Gasteiger partial charge in [0.1, 0.15) is 0 Å². The zero-order valence-corrected chi connectivity index (χ0v) is 11.1. The Morgan fingerprint density at radius 1 is 1.10 bits per heavy atom. The van der Waals surface area contributed by atoms with E-state index in [4.69, 9.17) is 0 Å². The molecule has 0 aliphatic rings. The molecule has 3 rings (SSSR count). The first-order valence-electron chi connectivity index (χ1n) is 6.48. The van der Waals surface area contributed by atoms with Gasteiger partial charge in [0, 0.05) is 18.0 Å². The Morgan fingerprint density at radius 3 is 2.65 bits per heavy atom. The van der Waals surface area contributed by atoms with Crippen molar-refractivity contribution in [2.24, 2.45) is 0 Å².